The van der Waals surface area contributed by atoms with Gasteiger partial charge in [0.15, 0.2) is 5.16 Å². The predicted molar refractivity (Wildman–Crippen MR) is 135 cm³/mol. The van der Waals surface area contributed by atoms with Crippen molar-refractivity contribution in [2.75, 3.05) is 18.2 Å². The van der Waals surface area contributed by atoms with Crippen LogP contribution < -0.4 is 15.6 Å². The number of nitrogens with zero attached hydrogens (tertiary/aromatic N) is 4. The largest absolute Gasteiger partial charge is 0.495 e. The molecular weight excluding hydrogens is 450 g/mol. The van der Waals surface area contributed by atoms with E-state index in [0.29, 0.717) is 47.0 Å². The van der Waals surface area contributed by atoms with E-state index in [2.05, 4.69) is 10.4 Å². The summed E-state index contributed by atoms with van der Waals surface area (Å²) in [5.41, 5.74) is 3.18. The van der Waals surface area contributed by atoms with E-state index in [0.717, 1.165) is 11.4 Å². The summed E-state index contributed by atoms with van der Waals surface area (Å²) in [7, 11) is 1.56. The van der Waals surface area contributed by atoms with E-state index >= 15 is 0 Å². The maximum Gasteiger partial charge on any atom is 0.262 e. The Labute approximate surface area is 202 Å². The van der Waals surface area contributed by atoms with Gasteiger partial charge in [0.1, 0.15) is 5.75 Å². The van der Waals surface area contributed by atoms with E-state index in [1.807, 2.05) is 54.9 Å². The van der Waals surface area contributed by atoms with Gasteiger partial charge in [0.25, 0.3) is 5.56 Å². The fraction of sp³-hybridized carbons (Fsp3) is 0.280. The van der Waals surface area contributed by atoms with E-state index in [-0.39, 0.29) is 17.2 Å². The molecule has 0 bridgehead atoms. The molecule has 34 heavy (non-hydrogen) atoms. The molecule has 0 unspecified atom stereocenters. The fourth-order valence-corrected chi connectivity index (χ4v) is 4.62. The number of benzene rings is 2. The van der Waals surface area contributed by atoms with Gasteiger partial charge in [0.05, 0.1) is 35.1 Å². The van der Waals surface area contributed by atoms with Crippen molar-refractivity contribution in [2.45, 2.75) is 38.5 Å². The van der Waals surface area contributed by atoms with Crippen LogP contribution in [0.4, 0.5) is 5.69 Å². The number of anilines is 1. The van der Waals surface area contributed by atoms with E-state index in [9.17, 15) is 9.59 Å². The van der Waals surface area contributed by atoms with Crippen molar-refractivity contribution in [2.24, 2.45) is 0 Å². The highest BCUT2D eigenvalue weighted by atomic mass is 32.2. The van der Waals surface area contributed by atoms with Gasteiger partial charge in [-0.1, -0.05) is 36.0 Å². The molecule has 0 fully saturated rings. The number of carbonyl (C=O) groups excluding carboxylic acids is 1. The summed E-state index contributed by atoms with van der Waals surface area (Å²) < 4.78 is 8.90. The van der Waals surface area contributed by atoms with Crippen molar-refractivity contribution < 1.29 is 9.53 Å². The number of aryl methyl sites for hydroxylation is 3. The number of nitrogens with one attached hydrogen (secondary N) is 1. The van der Waals surface area contributed by atoms with Crippen LogP contribution >= 0.6 is 11.8 Å². The molecular formula is C25H27N5O3S. The first-order chi connectivity index (χ1) is 16.5. The Morgan fingerprint density at radius 3 is 2.62 bits per heavy atom. The van der Waals surface area contributed by atoms with Crippen LogP contribution in [0.1, 0.15) is 17.8 Å². The van der Waals surface area contributed by atoms with Crippen molar-refractivity contribution in [1.29, 1.82) is 0 Å². The molecule has 2 aromatic carbocycles. The zero-order valence-electron chi connectivity index (χ0n) is 19.4. The molecule has 0 spiro atoms. The molecule has 0 saturated carbocycles. The first-order valence-corrected chi connectivity index (χ1v) is 12.0. The Kier molecular flexibility index (Phi) is 7.32. The van der Waals surface area contributed by atoms with Gasteiger partial charge >= 0.3 is 0 Å². The highest BCUT2D eigenvalue weighted by Gasteiger charge is 2.14. The molecule has 9 heteroatoms. The monoisotopic (exact) mass is 477 g/mol. The number of aromatic nitrogens is 4. The van der Waals surface area contributed by atoms with Gasteiger partial charge < -0.3 is 10.1 Å². The lowest BCUT2D eigenvalue weighted by Gasteiger charge is -2.14. The average molecular weight is 478 g/mol. The number of carbonyl (C=O) groups is 1. The highest BCUT2D eigenvalue weighted by molar-refractivity contribution is 7.99. The quantitative estimate of drug-likeness (QED) is 0.289. The summed E-state index contributed by atoms with van der Waals surface area (Å²) >= 11 is 1.25. The standard InChI is InChI=1S/C25H27N5O3S/c1-17-15-18(2)30(28-17)14-8-13-29-24(32)19-9-4-5-10-20(19)27-25(29)34-16-23(31)26-21-11-6-7-12-22(21)33-3/h4-7,9-12,15H,8,13-14,16H2,1-3H3,(H,26,31). The molecule has 1 N–H and O–H groups in total. The molecule has 0 radical (unpaired) electrons. The van der Waals surface area contributed by atoms with Gasteiger partial charge in [-0.15, -0.1) is 0 Å². The minimum Gasteiger partial charge on any atom is -0.495 e. The number of amides is 1. The normalized spacial score (nSPS) is 11.0. The van der Waals surface area contributed by atoms with Crippen molar-refractivity contribution in [3.05, 3.63) is 76.3 Å². The minimum absolute atomic E-state index is 0.105. The second-order valence-electron chi connectivity index (χ2n) is 7.91. The fourth-order valence-electron chi connectivity index (χ4n) is 3.80. The average Bonchev–Trinajstić information content (AvgIpc) is 3.16. The van der Waals surface area contributed by atoms with Crippen molar-refractivity contribution >= 4 is 34.3 Å². The highest BCUT2D eigenvalue weighted by Crippen LogP contribution is 2.24. The zero-order valence-corrected chi connectivity index (χ0v) is 20.3. The minimum atomic E-state index is -0.203. The summed E-state index contributed by atoms with van der Waals surface area (Å²) in [5, 5.41) is 8.45. The molecule has 176 valence electrons. The molecule has 8 nitrogen and oxygen atoms in total. The van der Waals surface area contributed by atoms with Gasteiger partial charge in [-0.2, -0.15) is 5.10 Å². The summed E-state index contributed by atoms with van der Waals surface area (Å²) in [6.45, 7) is 5.15. The van der Waals surface area contributed by atoms with Crippen molar-refractivity contribution in [3.63, 3.8) is 0 Å². The number of ether oxygens (including phenoxy) is 1. The van der Waals surface area contributed by atoms with E-state index in [1.54, 1.807) is 29.9 Å². The van der Waals surface area contributed by atoms with Gasteiger partial charge in [0.2, 0.25) is 5.91 Å². The molecule has 0 atom stereocenters. The number of methoxy groups -OCH3 is 1. The summed E-state index contributed by atoms with van der Waals surface area (Å²) in [5.74, 6) is 0.497. The molecule has 2 aromatic heterocycles. The topological polar surface area (TPSA) is 91.0 Å². The predicted octanol–water partition coefficient (Wildman–Crippen LogP) is 4.04. The number of hydrogen-bond acceptors (Lipinski definition) is 6. The van der Waals surface area contributed by atoms with Gasteiger partial charge in [0, 0.05) is 18.8 Å². The number of rotatable bonds is 9. The second kappa shape index (κ2) is 10.6. The van der Waals surface area contributed by atoms with E-state index in [1.165, 1.54) is 11.8 Å². The lowest BCUT2D eigenvalue weighted by molar-refractivity contribution is -0.113. The van der Waals surface area contributed by atoms with Crippen LogP contribution in [0.3, 0.4) is 0 Å². The molecule has 0 aliphatic heterocycles. The van der Waals surface area contributed by atoms with Crippen LogP contribution in [-0.4, -0.2) is 38.1 Å². The first-order valence-electron chi connectivity index (χ1n) is 11.0. The van der Waals surface area contributed by atoms with Crippen LogP contribution in [0.5, 0.6) is 5.75 Å². The zero-order chi connectivity index (χ0) is 24.1. The van der Waals surface area contributed by atoms with Crippen LogP contribution in [-0.2, 0) is 17.9 Å². The molecule has 0 saturated heterocycles. The molecule has 1 amide bonds. The SMILES string of the molecule is COc1ccccc1NC(=O)CSc1nc2ccccc2c(=O)n1CCCn1nc(C)cc1C. The maximum absolute atomic E-state index is 13.3. The van der Waals surface area contributed by atoms with Gasteiger partial charge in [-0.05, 0) is 50.6 Å². The Hall–Kier alpha value is -3.59. The van der Waals surface area contributed by atoms with Crippen LogP contribution in [0, 0.1) is 13.8 Å². The molecule has 2 heterocycles. The van der Waals surface area contributed by atoms with E-state index < -0.39 is 0 Å². The first kappa shape index (κ1) is 23.6. The van der Waals surface area contributed by atoms with Crippen LogP contribution in [0.15, 0.2) is 64.5 Å². The lowest BCUT2D eigenvalue weighted by atomic mass is 10.2. The van der Waals surface area contributed by atoms with E-state index in [4.69, 9.17) is 9.72 Å². The lowest BCUT2D eigenvalue weighted by Crippen LogP contribution is -2.25. The smallest absolute Gasteiger partial charge is 0.262 e. The summed E-state index contributed by atoms with van der Waals surface area (Å²) in [6.07, 6.45) is 0.711. The Balaban J connectivity index is 1.52. The summed E-state index contributed by atoms with van der Waals surface area (Å²) in [4.78, 5) is 30.6. The number of para-hydroxylation sites is 3. The number of thioether (sulfide) groups is 1. The Morgan fingerprint density at radius 1 is 1.09 bits per heavy atom. The molecule has 0 aliphatic carbocycles. The van der Waals surface area contributed by atoms with Gasteiger partial charge in [-0.25, -0.2) is 4.98 Å². The Morgan fingerprint density at radius 2 is 1.85 bits per heavy atom. The van der Waals surface area contributed by atoms with Crippen molar-refractivity contribution in [1.82, 2.24) is 19.3 Å². The van der Waals surface area contributed by atoms with Crippen LogP contribution in [0.2, 0.25) is 0 Å². The third kappa shape index (κ3) is 5.31. The van der Waals surface area contributed by atoms with Crippen LogP contribution in [0.25, 0.3) is 10.9 Å². The molecule has 0 aliphatic rings. The Bertz CT molecular complexity index is 1380. The maximum atomic E-state index is 13.3. The third-order valence-corrected chi connectivity index (χ3v) is 6.37. The van der Waals surface area contributed by atoms with Crippen molar-refractivity contribution in [3.8, 4) is 5.75 Å². The molecule has 4 rings (SSSR count). The molecule has 4 aromatic rings. The number of hydrogen-bond donors (Lipinski definition) is 1. The number of fused-ring (bicyclic) bond motifs is 1. The third-order valence-electron chi connectivity index (χ3n) is 5.40. The summed E-state index contributed by atoms with van der Waals surface area (Å²) in [6, 6.07) is 16.6. The van der Waals surface area contributed by atoms with Gasteiger partial charge in [-0.3, -0.25) is 18.8 Å². The second-order valence-corrected chi connectivity index (χ2v) is 8.85.